The highest BCUT2D eigenvalue weighted by atomic mass is 16.5. The van der Waals surface area contributed by atoms with E-state index in [1.807, 2.05) is 0 Å². The highest BCUT2D eigenvalue weighted by Crippen LogP contribution is 2.25. The topological polar surface area (TPSA) is 76.1 Å². The first-order chi connectivity index (χ1) is 7.61. The van der Waals surface area contributed by atoms with Crippen molar-refractivity contribution in [3.63, 3.8) is 0 Å². The molecule has 0 bridgehead atoms. The van der Waals surface area contributed by atoms with Gasteiger partial charge in [0.1, 0.15) is 6.10 Å². The minimum absolute atomic E-state index is 0.0411. The number of hydrogen-bond acceptors (Lipinski definition) is 4. The molecule has 0 aliphatic carbocycles. The van der Waals surface area contributed by atoms with Gasteiger partial charge in [-0.25, -0.2) is 4.79 Å². The van der Waals surface area contributed by atoms with Crippen molar-refractivity contribution in [2.45, 2.75) is 31.5 Å². The molecule has 0 saturated carbocycles. The number of rotatable bonds is 1. The van der Waals surface area contributed by atoms with Crippen molar-refractivity contribution in [1.29, 1.82) is 0 Å². The molecule has 0 aromatic carbocycles. The van der Waals surface area contributed by atoms with E-state index >= 15 is 0 Å². The molecule has 0 aromatic rings. The molecule has 3 atom stereocenters. The van der Waals surface area contributed by atoms with E-state index in [1.165, 1.54) is 11.8 Å². The number of hydrogen-bond donors (Lipinski definition) is 1. The van der Waals surface area contributed by atoms with E-state index in [0.717, 1.165) is 0 Å². The van der Waals surface area contributed by atoms with E-state index in [2.05, 4.69) is 0 Å². The molecule has 2 fully saturated rings. The lowest BCUT2D eigenvalue weighted by Gasteiger charge is -2.46. The van der Waals surface area contributed by atoms with Crippen LogP contribution < -0.4 is 0 Å². The average molecular weight is 229 g/mol. The fraction of sp³-hybridized carbons (Fsp3) is 0.800. The Bertz CT molecular complexity index is 306. The maximum Gasteiger partial charge on any atom is 0.328 e. The summed E-state index contributed by atoms with van der Waals surface area (Å²) in [4.78, 5) is 24.0. The summed E-state index contributed by atoms with van der Waals surface area (Å²) in [5, 5.41) is 9.04. The van der Waals surface area contributed by atoms with Gasteiger partial charge in [-0.05, 0) is 6.42 Å². The van der Waals surface area contributed by atoms with Gasteiger partial charge in [0.25, 0.3) is 0 Å². The molecule has 0 spiro atoms. The lowest BCUT2D eigenvalue weighted by atomic mass is 9.99. The SMILES string of the molecule is CC(=O)N1C(C(=O)O)CO[C@H]2COCC[C@H]21. The second-order valence-electron chi connectivity index (χ2n) is 4.08. The summed E-state index contributed by atoms with van der Waals surface area (Å²) >= 11 is 0. The molecule has 1 unspecified atom stereocenters. The van der Waals surface area contributed by atoms with Gasteiger partial charge in [0.2, 0.25) is 5.91 Å². The number of aliphatic carboxylic acids is 1. The van der Waals surface area contributed by atoms with Crippen LogP contribution in [-0.2, 0) is 19.1 Å². The molecule has 16 heavy (non-hydrogen) atoms. The fourth-order valence-corrected chi connectivity index (χ4v) is 2.35. The number of amides is 1. The zero-order valence-electron chi connectivity index (χ0n) is 9.09. The zero-order valence-corrected chi connectivity index (χ0v) is 9.09. The largest absolute Gasteiger partial charge is 0.480 e. The third-order valence-corrected chi connectivity index (χ3v) is 3.08. The van der Waals surface area contributed by atoms with Crippen LogP contribution >= 0.6 is 0 Å². The molecule has 1 amide bonds. The lowest BCUT2D eigenvalue weighted by Crippen LogP contribution is -2.63. The first-order valence-corrected chi connectivity index (χ1v) is 5.32. The average Bonchev–Trinajstić information content (AvgIpc) is 2.27. The first-order valence-electron chi connectivity index (χ1n) is 5.32. The van der Waals surface area contributed by atoms with Crippen molar-refractivity contribution in [1.82, 2.24) is 4.90 Å². The predicted octanol–water partition coefficient (Wildman–Crippen LogP) is -0.524. The Morgan fingerprint density at radius 1 is 1.38 bits per heavy atom. The van der Waals surface area contributed by atoms with Crippen molar-refractivity contribution in [3.8, 4) is 0 Å². The molecule has 2 rings (SSSR count). The Morgan fingerprint density at radius 3 is 2.75 bits per heavy atom. The summed E-state index contributed by atoms with van der Waals surface area (Å²) in [5.41, 5.74) is 0. The van der Waals surface area contributed by atoms with Crippen LogP contribution in [0.5, 0.6) is 0 Å². The number of nitrogens with zero attached hydrogens (tertiary/aromatic N) is 1. The van der Waals surface area contributed by atoms with Crippen LogP contribution in [0.25, 0.3) is 0 Å². The van der Waals surface area contributed by atoms with Gasteiger partial charge in [-0.15, -0.1) is 0 Å². The van der Waals surface area contributed by atoms with Crippen molar-refractivity contribution in [2.24, 2.45) is 0 Å². The Balaban J connectivity index is 2.20. The number of carboxylic acid groups (broad SMARTS) is 1. The van der Waals surface area contributed by atoms with E-state index in [0.29, 0.717) is 19.6 Å². The smallest absolute Gasteiger partial charge is 0.328 e. The van der Waals surface area contributed by atoms with Gasteiger partial charge in [-0.3, -0.25) is 4.79 Å². The van der Waals surface area contributed by atoms with Gasteiger partial charge >= 0.3 is 5.97 Å². The number of carbonyl (C=O) groups is 2. The van der Waals surface area contributed by atoms with Gasteiger partial charge in [-0.2, -0.15) is 0 Å². The van der Waals surface area contributed by atoms with Gasteiger partial charge < -0.3 is 19.5 Å². The van der Waals surface area contributed by atoms with E-state index in [-0.39, 0.29) is 24.7 Å². The molecule has 6 nitrogen and oxygen atoms in total. The first kappa shape index (κ1) is 11.3. The number of fused-ring (bicyclic) bond motifs is 1. The third kappa shape index (κ3) is 1.90. The molecule has 2 saturated heterocycles. The molecule has 2 aliphatic rings. The quantitative estimate of drug-likeness (QED) is 0.654. The fourth-order valence-electron chi connectivity index (χ4n) is 2.35. The van der Waals surface area contributed by atoms with Gasteiger partial charge in [0.15, 0.2) is 6.04 Å². The van der Waals surface area contributed by atoms with Crippen LogP contribution in [0.1, 0.15) is 13.3 Å². The molecule has 2 heterocycles. The lowest BCUT2D eigenvalue weighted by molar-refractivity contribution is -0.185. The molecule has 0 aromatic heterocycles. The molecule has 1 N–H and O–H groups in total. The molecule has 90 valence electrons. The summed E-state index contributed by atoms with van der Waals surface area (Å²) in [6, 6.07) is -1.03. The van der Waals surface area contributed by atoms with Gasteiger partial charge in [0.05, 0.1) is 19.3 Å². The molecular weight excluding hydrogens is 214 g/mol. The summed E-state index contributed by atoms with van der Waals surface area (Å²) in [7, 11) is 0. The number of ether oxygens (including phenoxy) is 2. The van der Waals surface area contributed by atoms with Crippen LogP contribution in [-0.4, -0.2) is 59.9 Å². The molecule has 6 heteroatoms. The number of carboxylic acids is 1. The van der Waals surface area contributed by atoms with E-state index in [4.69, 9.17) is 14.6 Å². The monoisotopic (exact) mass is 229 g/mol. The van der Waals surface area contributed by atoms with Crippen LogP contribution in [0.15, 0.2) is 0 Å². The maximum atomic E-state index is 11.5. The number of carbonyl (C=O) groups excluding carboxylic acids is 1. The Hall–Kier alpha value is -1.14. The van der Waals surface area contributed by atoms with Crippen LogP contribution in [0, 0.1) is 0 Å². The van der Waals surface area contributed by atoms with E-state index in [1.54, 1.807) is 0 Å². The second kappa shape index (κ2) is 4.39. The number of morpholine rings is 1. The van der Waals surface area contributed by atoms with E-state index < -0.39 is 12.0 Å². The summed E-state index contributed by atoms with van der Waals surface area (Å²) < 4.78 is 10.7. The van der Waals surface area contributed by atoms with Gasteiger partial charge in [0, 0.05) is 13.5 Å². The second-order valence-corrected chi connectivity index (χ2v) is 4.08. The van der Waals surface area contributed by atoms with Crippen molar-refractivity contribution >= 4 is 11.9 Å². The Kier molecular flexibility index (Phi) is 3.11. The summed E-state index contributed by atoms with van der Waals surface area (Å²) in [5.74, 6) is -1.23. The Morgan fingerprint density at radius 2 is 2.12 bits per heavy atom. The maximum absolute atomic E-state index is 11.5. The van der Waals surface area contributed by atoms with Crippen molar-refractivity contribution in [3.05, 3.63) is 0 Å². The molecule has 2 aliphatic heterocycles. The summed E-state index contributed by atoms with van der Waals surface area (Å²) in [6.07, 6.45) is 0.446. The minimum atomic E-state index is -1.01. The van der Waals surface area contributed by atoms with E-state index in [9.17, 15) is 9.59 Å². The van der Waals surface area contributed by atoms with Crippen LogP contribution in [0.3, 0.4) is 0 Å². The van der Waals surface area contributed by atoms with Crippen molar-refractivity contribution < 1.29 is 24.2 Å². The minimum Gasteiger partial charge on any atom is -0.480 e. The molecule has 0 radical (unpaired) electrons. The standard InChI is InChI=1S/C10H15NO5/c1-6(12)11-7-2-3-15-5-9(7)16-4-8(11)10(13)14/h7-9H,2-5H2,1H3,(H,13,14)/t7-,8?,9+/m1/s1. The zero-order chi connectivity index (χ0) is 11.7. The van der Waals surface area contributed by atoms with Crippen molar-refractivity contribution in [2.75, 3.05) is 19.8 Å². The highest BCUT2D eigenvalue weighted by Gasteiger charge is 2.44. The summed E-state index contributed by atoms with van der Waals surface area (Å²) in [6.45, 7) is 2.41. The molecular formula is C10H15NO5. The van der Waals surface area contributed by atoms with Crippen LogP contribution in [0.4, 0.5) is 0 Å². The third-order valence-electron chi connectivity index (χ3n) is 3.08. The van der Waals surface area contributed by atoms with Gasteiger partial charge in [-0.1, -0.05) is 0 Å². The Labute approximate surface area is 93.1 Å². The predicted molar refractivity (Wildman–Crippen MR) is 52.9 cm³/mol. The van der Waals surface area contributed by atoms with Crippen LogP contribution in [0.2, 0.25) is 0 Å². The normalized spacial score (nSPS) is 34.3. The highest BCUT2D eigenvalue weighted by molar-refractivity contribution is 5.83.